The third-order valence-corrected chi connectivity index (χ3v) is 3.76. The fraction of sp³-hybridized carbons (Fsp3) is 0.0952. The fourth-order valence-corrected chi connectivity index (χ4v) is 2.47. The van der Waals surface area contributed by atoms with E-state index in [1.54, 1.807) is 0 Å². The van der Waals surface area contributed by atoms with Crippen molar-refractivity contribution in [3.05, 3.63) is 101 Å². The van der Waals surface area contributed by atoms with Crippen LogP contribution in [0, 0.1) is 6.92 Å². The molecule has 1 aliphatic rings. The van der Waals surface area contributed by atoms with Gasteiger partial charge < -0.3 is 0 Å². The van der Waals surface area contributed by atoms with Gasteiger partial charge in [0.05, 0.1) is 0 Å². The van der Waals surface area contributed by atoms with Crippen LogP contribution in [0.1, 0.15) is 27.9 Å². The minimum atomic E-state index is 0.0926. The Balaban J connectivity index is 1.74. The van der Waals surface area contributed by atoms with Crippen molar-refractivity contribution in [3.8, 4) is 0 Å². The summed E-state index contributed by atoms with van der Waals surface area (Å²) in [5.41, 5.74) is 5.08. The lowest BCUT2D eigenvalue weighted by Gasteiger charge is -2.09. The van der Waals surface area contributed by atoms with Crippen LogP contribution in [0.3, 0.4) is 0 Å². The minimum absolute atomic E-state index is 0.0926. The number of hydrogen-bond acceptors (Lipinski definition) is 1. The fourth-order valence-electron chi connectivity index (χ4n) is 2.47. The first-order chi connectivity index (χ1) is 10.7. The standard InChI is InChI=1S/C21H18O/c1-16-7-11-19(12-8-16)21(22)20-13-9-18(10-14-20)15-17-5-3-2-4-6-17/h2-9,11-15H,10H2,1H3. The normalized spacial score (nSPS) is 15.7. The number of rotatable bonds is 3. The maximum atomic E-state index is 12.4. The van der Waals surface area contributed by atoms with Crippen LogP contribution < -0.4 is 0 Å². The van der Waals surface area contributed by atoms with E-state index < -0.39 is 0 Å². The van der Waals surface area contributed by atoms with Gasteiger partial charge in [0.25, 0.3) is 0 Å². The van der Waals surface area contributed by atoms with Gasteiger partial charge in [0, 0.05) is 11.1 Å². The number of carbonyl (C=O) groups is 1. The van der Waals surface area contributed by atoms with Crippen molar-refractivity contribution in [1.82, 2.24) is 0 Å². The van der Waals surface area contributed by atoms with Crippen molar-refractivity contribution in [2.75, 3.05) is 0 Å². The molecule has 0 radical (unpaired) electrons. The van der Waals surface area contributed by atoms with Gasteiger partial charge in [-0.25, -0.2) is 0 Å². The zero-order valence-corrected chi connectivity index (χ0v) is 12.6. The molecule has 2 aromatic carbocycles. The van der Waals surface area contributed by atoms with E-state index in [-0.39, 0.29) is 5.78 Å². The molecule has 0 fully saturated rings. The first kappa shape index (κ1) is 14.3. The van der Waals surface area contributed by atoms with Crippen molar-refractivity contribution >= 4 is 11.9 Å². The van der Waals surface area contributed by atoms with Crippen LogP contribution in [0.2, 0.25) is 0 Å². The number of benzene rings is 2. The van der Waals surface area contributed by atoms with Gasteiger partial charge in [-0.3, -0.25) is 4.79 Å². The third-order valence-electron chi connectivity index (χ3n) is 3.76. The SMILES string of the molecule is Cc1ccc(C(=O)C2=CCC(=Cc3ccccc3)C=C2)cc1. The number of carbonyl (C=O) groups excluding carboxylic acids is 1. The van der Waals surface area contributed by atoms with Crippen LogP contribution in [-0.2, 0) is 0 Å². The Hall–Kier alpha value is -2.67. The molecule has 0 saturated heterocycles. The average Bonchev–Trinajstić information content (AvgIpc) is 2.57. The van der Waals surface area contributed by atoms with E-state index in [1.165, 1.54) is 11.1 Å². The summed E-state index contributed by atoms with van der Waals surface area (Å²) in [4.78, 5) is 12.4. The van der Waals surface area contributed by atoms with E-state index >= 15 is 0 Å². The summed E-state index contributed by atoms with van der Waals surface area (Å²) in [6.07, 6.45) is 8.91. The molecular weight excluding hydrogens is 268 g/mol. The van der Waals surface area contributed by atoms with Crippen LogP contribution in [0.25, 0.3) is 6.08 Å². The molecule has 22 heavy (non-hydrogen) atoms. The average molecular weight is 286 g/mol. The third kappa shape index (κ3) is 3.32. The monoisotopic (exact) mass is 286 g/mol. The van der Waals surface area contributed by atoms with Crippen molar-refractivity contribution < 1.29 is 4.79 Å². The maximum absolute atomic E-state index is 12.4. The molecule has 0 unspecified atom stereocenters. The lowest BCUT2D eigenvalue weighted by atomic mass is 9.94. The highest BCUT2D eigenvalue weighted by atomic mass is 16.1. The Morgan fingerprint density at radius 1 is 0.955 bits per heavy atom. The molecule has 0 aromatic heterocycles. The minimum Gasteiger partial charge on any atom is -0.289 e. The molecule has 0 spiro atoms. The molecule has 0 atom stereocenters. The molecule has 0 heterocycles. The number of allylic oxidation sites excluding steroid dienone is 5. The highest BCUT2D eigenvalue weighted by Crippen LogP contribution is 2.21. The number of ketones is 1. The van der Waals surface area contributed by atoms with Crippen LogP contribution in [0.5, 0.6) is 0 Å². The molecule has 3 rings (SSSR count). The quantitative estimate of drug-likeness (QED) is 0.713. The predicted octanol–water partition coefficient (Wildman–Crippen LogP) is 5.15. The summed E-state index contributed by atoms with van der Waals surface area (Å²) >= 11 is 0. The lowest BCUT2D eigenvalue weighted by molar-refractivity contribution is 0.103. The molecule has 0 aliphatic heterocycles. The Bertz CT molecular complexity index is 759. The zero-order valence-electron chi connectivity index (χ0n) is 12.6. The molecule has 0 saturated carbocycles. The van der Waals surface area contributed by atoms with Crippen LogP contribution in [0.4, 0.5) is 0 Å². The van der Waals surface area contributed by atoms with Gasteiger partial charge in [-0.2, -0.15) is 0 Å². The van der Waals surface area contributed by atoms with Gasteiger partial charge in [-0.05, 0) is 24.5 Å². The second-order valence-corrected chi connectivity index (χ2v) is 5.52. The van der Waals surface area contributed by atoms with Crippen molar-refractivity contribution in [1.29, 1.82) is 0 Å². The second-order valence-electron chi connectivity index (χ2n) is 5.52. The van der Waals surface area contributed by atoms with Crippen LogP contribution in [0.15, 0.2) is 84.0 Å². The molecular formula is C21H18O. The number of Topliss-reactive ketones (excluding diaryl/α,β-unsaturated/α-hetero) is 1. The number of hydrogen-bond donors (Lipinski definition) is 0. The molecule has 0 N–H and O–H groups in total. The van der Waals surface area contributed by atoms with Gasteiger partial charge in [0.15, 0.2) is 5.78 Å². The van der Waals surface area contributed by atoms with Gasteiger partial charge in [0.1, 0.15) is 0 Å². The van der Waals surface area contributed by atoms with Gasteiger partial charge in [0.2, 0.25) is 0 Å². The Morgan fingerprint density at radius 3 is 2.32 bits per heavy atom. The van der Waals surface area contributed by atoms with Gasteiger partial charge in [-0.15, -0.1) is 0 Å². The summed E-state index contributed by atoms with van der Waals surface area (Å²) < 4.78 is 0. The molecule has 1 heteroatoms. The van der Waals surface area contributed by atoms with E-state index in [4.69, 9.17) is 0 Å². The molecule has 0 amide bonds. The lowest BCUT2D eigenvalue weighted by Crippen LogP contribution is -2.03. The maximum Gasteiger partial charge on any atom is 0.192 e. The first-order valence-corrected chi connectivity index (χ1v) is 7.47. The van der Waals surface area contributed by atoms with Crippen LogP contribution in [-0.4, -0.2) is 5.78 Å². The van der Waals surface area contributed by atoms with Crippen LogP contribution >= 0.6 is 0 Å². The highest BCUT2D eigenvalue weighted by molar-refractivity contribution is 6.10. The Labute approximate surface area is 131 Å². The van der Waals surface area contributed by atoms with Gasteiger partial charge >= 0.3 is 0 Å². The second kappa shape index (κ2) is 6.40. The molecule has 1 nitrogen and oxygen atoms in total. The van der Waals surface area contributed by atoms with Gasteiger partial charge in [-0.1, -0.05) is 84.5 Å². The topological polar surface area (TPSA) is 17.1 Å². The Morgan fingerprint density at radius 2 is 1.68 bits per heavy atom. The van der Waals surface area contributed by atoms with E-state index in [9.17, 15) is 4.79 Å². The highest BCUT2D eigenvalue weighted by Gasteiger charge is 2.12. The summed E-state index contributed by atoms with van der Waals surface area (Å²) in [6.45, 7) is 2.02. The van der Waals surface area contributed by atoms with Crippen molar-refractivity contribution in [3.63, 3.8) is 0 Å². The predicted molar refractivity (Wildman–Crippen MR) is 91.8 cm³/mol. The zero-order chi connectivity index (χ0) is 15.4. The van der Waals surface area contributed by atoms with E-state index in [0.717, 1.165) is 23.1 Å². The van der Waals surface area contributed by atoms with E-state index in [2.05, 4.69) is 18.2 Å². The Kier molecular flexibility index (Phi) is 4.15. The molecule has 1 aliphatic carbocycles. The molecule has 108 valence electrons. The first-order valence-electron chi connectivity index (χ1n) is 7.47. The largest absolute Gasteiger partial charge is 0.289 e. The van der Waals surface area contributed by atoms with Crippen molar-refractivity contribution in [2.45, 2.75) is 13.3 Å². The summed E-state index contributed by atoms with van der Waals surface area (Å²) in [7, 11) is 0. The summed E-state index contributed by atoms with van der Waals surface area (Å²) in [6, 6.07) is 18.0. The summed E-state index contributed by atoms with van der Waals surface area (Å²) in [5, 5.41) is 0. The smallest absolute Gasteiger partial charge is 0.192 e. The number of aryl methyl sites for hydroxylation is 1. The molecule has 2 aromatic rings. The molecule has 0 bridgehead atoms. The van der Waals surface area contributed by atoms with E-state index in [0.29, 0.717) is 0 Å². The summed E-state index contributed by atoms with van der Waals surface area (Å²) in [5.74, 6) is 0.0926. The van der Waals surface area contributed by atoms with Crippen molar-refractivity contribution in [2.24, 2.45) is 0 Å². The van der Waals surface area contributed by atoms with E-state index in [1.807, 2.05) is 67.6 Å².